The number of ether oxygens (including phenoxy) is 1. The number of nitro groups is 1. The molecule has 1 aromatic heterocycles. The zero-order valence-electron chi connectivity index (χ0n) is 11.1. The molecular weight excluding hydrogens is 263 g/mol. The molecule has 0 fully saturated rings. The molecule has 5 nitrogen and oxygen atoms in total. The molecule has 0 unspecified atom stereocenters. The fourth-order valence-electron chi connectivity index (χ4n) is 1.90. The van der Waals surface area contributed by atoms with E-state index < -0.39 is 4.92 Å². The molecule has 0 aliphatic heterocycles. The van der Waals surface area contributed by atoms with Crippen LogP contribution in [0.5, 0.6) is 5.88 Å². The average molecular weight is 276 g/mol. The van der Waals surface area contributed by atoms with E-state index in [1.165, 1.54) is 12.1 Å². The Kier molecular flexibility index (Phi) is 3.93. The van der Waals surface area contributed by atoms with Crippen molar-refractivity contribution >= 4 is 5.69 Å². The van der Waals surface area contributed by atoms with Crippen molar-refractivity contribution in [2.45, 2.75) is 20.5 Å². The van der Waals surface area contributed by atoms with Crippen LogP contribution in [0.4, 0.5) is 10.1 Å². The minimum Gasteiger partial charge on any atom is -0.468 e. The molecule has 20 heavy (non-hydrogen) atoms. The van der Waals surface area contributed by atoms with Gasteiger partial charge < -0.3 is 4.74 Å². The van der Waals surface area contributed by atoms with Crippen LogP contribution >= 0.6 is 0 Å². The lowest BCUT2D eigenvalue weighted by Crippen LogP contribution is -2.04. The average Bonchev–Trinajstić information content (AvgIpc) is 2.35. The highest BCUT2D eigenvalue weighted by atomic mass is 19.1. The SMILES string of the molecule is Cc1cc(C)c([N+](=O)[O-])c(OCc2cccc(F)c2)n1. The van der Waals surface area contributed by atoms with Crippen LogP contribution in [0.3, 0.4) is 0 Å². The highest BCUT2D eigenvalue weighted by Crippen LogP contribution is 2.29. The minimum absolute atomic E-state index is 0.0223. The molecule has 104 valence electrons. The fourth-order valence-corrected chi connectivity index (χ4v) is 1.90. The van der Waals surface area contributed by atoms with Crippen LogP contribution in [0.15, 0.2) is 30.3 Å². The Balaban J connectivity index is 2.27. The highest BCUT2D eigenvalue weighted by molar-refractivity contribution is 5.48. The van der Waals surface area contributed by atoms with Crippen molar-refractivity contribution in [1.82, 2.24) is 4.98 Å². The molecule has 0 aliphatic carbocycles. The third kappa shape index (κ3) is 3.09. The summed E-state index contributed by atoms with van der Waals surface area (Å²) in [5, 5.41) is 11.0. The van der Waals surface area contributed by atoms with Crippen LogP contribution in [-0.4, -0.2) is 9.91 Å². The first-order chi connectivity index (χ1) is 9.47. The Morgan fingerprint density at radius 1 is 1.35 bits per heavy atom. The van der Waals surface area contributed by atoms with Gasteiger partial charge in [-0.3, -0.25) is 10.1 Å². The molecule has 0 bridgehead atoms. The highest BCUT2D eigenvalue weighted by Gasteiger charge is 2.21. The quantitative estimate of drug-likeness (QED) is 0.634. The maximum absolute atomic E-state index is 13.0. The molecule has 0 saturated carbocycles. The smallest absolute Gasteiger partial charge is 0.333 e. The molecule has 6 heteroatoms. The van der Waals surface area contributed by atoms with Gasteiger partial charge in [0.05, 0.1) is 4.92 Å². The maximum Gasteiger partial charge on any atom is 0.333 e. The van der Waals surface area contributed by atoms with Crippen LogP contribution in [0.2, 0.25) is 0 Å². The van der Waals surface area contributed by atoms with E-state index in [0.29, 0.717) is 16.8 Å². The van der Waals surface area contributed by atoms with E-state index in [2.05, 4.69) is 4.98 Å². The van der Waals surface area contributed by atoms with E-state index in [-0.39, 0.29) is 24.0 Å². The molecule has 0 spiro atoms. The predicted molar refractivity (Wildman–Crippen MR) is 71.1 cm³/mol. The largest absolute Gasteiger partial charge is 0.468 e. The number of rotatable bonds is 4. The van der Waals surface area contributed by atoms with Crippen molar-refractivity contribution in [3.63, 3.8) is 0 Å². The molecule has 2 aromatic rings. The van der Waals surface area contributed by atoms with Crippen molar-refractivity contribution in [1.29, 1.82) is 0 Å². The number of aryl methyl sites for hydroxylation is 2. The van der Waals surface area contributed by atoms with E-state index in [0.717, 1.165) is 0 Å². The van der Waals surface area contributed by atoms with Crippen molar-refractivity contribution in [2.75, 3.05) is 0 Å². The first-order valence-corrected chi connectivity index (χ1v) is 5.97. The molecule has 1 aromatic carbocycles. The molecule has 0 atom stereocenters. The molecule has 0 amide bonds. The van der Waals surface area contributed by atoms with Crippen LogP contribution < -0.4 is 4.74 Å². The van der Waals surface area contributed by atoms with Gasteiger partial charge in [-0.25, -0.2) is 9.37 Å². The zero-order chi connectivity index (χ0) is 14.7. The molecular formula is C14H13FN2O3. The summed E-state index contributed by atoms with van der Waals surface area (Å²) in [5.41, 5.74) is 1.53. The summed E-state index contributed by atoms with van der Waals surface area (Å²) >= 11 is 0. The predicted octanol–water partition coefficient (Wildman–Crippen LogP) is 3.32. The topological polar surface area (TPSA) is 65.3 Å². The third-order valence-electron chi connectivity index (χ3n) is 2.73. The van der Waals surface area contributed by atoms with Gasteiger partial charge in [0, 0.05) is 11.3 Å². The Morgan fingerprint density at radius 3 is 2.75 bits per heavy atom. The van der Waals surface area contributed by atoms with Crippen molar-refractivity contribution < 1.29 is 14.1 Å². The Bertz CT molecular complexity index is 659. The lowest BCUT2D eigenvalue weighted by atomic mass is 10.2. The number of hydrogen-bond acceptors (Lipinski definition) is 4. The van der Waals surface area contributed by atoms with Gasteiger partial charge in [0.2, 0.25) is 0 Å². The van der Waals surface area contributed by atoms with E-state index in [9.17, 15) is 14.5 Å². The Morgan fingerprint density at radius 2 is 2.10 bits per heavy atom. The Labute approximate surface area is 115 Å². The first-order valence-electron chi connectivity index (χ1n) is 5.97. The first kappa shape index (κ1) is 13.9. The molecule has 0 radical (unpaired) electrons. The van der Waals surface area contributed by atoms with Crippen LogP contribution in [0, 0.1) is 29.8 Å². The van der Waals surface area contributed by atoms with Gasteiger partial charge in [0.15, 0.2) is 0 Å². The second-order valence-corrected chi connectivity index (χ2v) is 4.41. The summed E-state index contributed by atoms with van der Waals surface area (Å²) in [7, 11) is 0. The summed E-state index contributed by atoms with van der Waals surface area (Å²) in [4.78, 5) is 14.6. The molecule has 0 aliphatic rings. The van der Waals surface area contributed by atoms with Crippen molar-refractivity contribution in [3.8, 4) is 5.88 Å². The molecule has 1 heterocycles. The van der Waals surface area contributed by atoms with Gasteiger partial charge in [0.25, 0.3) is 5.88 Å². The van der Waals surface area contributed by atoms with E-state index in [1.54, 1.807) is 32.0 Å². The van der Waals surface area contributed by atoms with Crippen molar-refractivity contribution in [3.05, 3.63) is 63.1 Å². The number of pyridine rings is 1. The molecule has 2 rings (SSSR count). The lowest BCUT2D eigenvalue weighted by molar-refractivity contribution is -0.386. The lowest BCUT2D eigenvalue weighted by Gasteiger charge is -2.08. The van der Waals surface area contributed by atoms with E-state index >= 15 is 0 Å². The second kappa shape index (κ2) is 5.64. The summed E-state index contributed by atoms with van der Waals surface area (Å²) in [6.07, 6.45) is 0. The fraction of sp³-hybridized carbons (Fsp3) is 0.214. The molecule has 0 saturated heterocycles. The van der Waals surface area contributed by atoms with Gasteiger partial charge in [0.1, 0.15) is 12.4 Å². The Hall–Kier alpha value is -2.50. The molecule has 0 N–H and O–H groups in total. The number of aromatic nitrogens is 1. The van der Waals surface area contributed by atoms with Gasteiger partial charge in [-0.05, 0) is 37.6 Å². The number of nitrogens with zero attached hydrogens (tertiary/aromatic N) is 2. The van der Waals surface area contributed by atoms with Gasteiger partial charge >= 0.3 is 5.69 Å². The normalized spacial score (nSPS) is 10.3. The summed E-state index contributed by atoms with van der Waals surface area (Å²) in [6.45, 7) is 3.38. The van der Waals surface area contributed by atoms with Crippen LogP contribution in [0.1, 0.15) is 16.8 Å². The number of benzene rings is 1. The standard InChI is InChI=1S/C14H13FN2O3/c1-9-6-10(2)16-14(13(9)17(18)19)20-8-11-4-3-5-12(15)7-11/h3-7H,8H2,1-2H3. The number of halogens is 1. The summed E-state index contributed by atoms with van der Waals surface area (Å²) in [5.74, 6) is -0.425. The van der Waals surface area contributed by atoms with E-state index in [4.69, 9.17) is 4.74 Å². The minimum atomic E-state index is -0.525. The van der Waals surface area contributed by atoms with Gasteiger partial charge in [-0.15, -0.1) is 0 Å². The third-order valence-corrected chi connectivity index (χ3v) is 2.73. The second-order valence-electron chi connectivity index (χ2n) is 4.41. The summed E-state index contributed by atoms with van der Waals surface area (Å²) < 4.78 is 18.4. The summed E-state index contributed by atoms with van der Waals surface area (Å²) in [6, 6.07) is 7.48. The van der Waals surface area contributed by atoms with Gasteiger partial charge in [-0.1, -0.05) is 12.1 Å². The van der Waals surface area contributed by atoms with Crippen LogP contribution in [-0.2, 0) is 6.61 Å². The van der Waals surface area contributed by atoms with Crippen molar-refractivity contribution in [2.24, 2.45) is 0 Å². The van der Waals surface area contributed by atoms with Gasteiger partial charge in [-0.2, -0.15) is 0 Å². The number of hydrogen-bond donors (Lipinski definition) is 0. The zero-order valence-corrected chi connectivity index (χ0v) is 11.1. The van der Waals surface area contributed by atoms with E-state index in [1.807, 2.05) is 0 Å². The van der Waals surface area contributed by atoms with Crippen LogP contribution in [0.25, 0.3) is 0 Å². The maximum atomic E-state index is 13.0. The monoisotopic (exact) mass is 276 g/mol.